The first kappa shape index (κ1) is 14.5. The lowest BCUT2D eigenvalue weighted by molar-refractivity contribution is -0.118. The van der Waals surface area contributed by atoms with Crippen molar-refractivity contribution >= 4 is 17.7 Å². The highest BCUT2D eigenvalue weighted by Crippen LogP contribution is 2.12. The van der Waals surface area contributed by atoms with E-state index < -0.39 is 0 Å². The number of hydrogen-bond acceptors (Lipinski definition) is 4. The highest BCUT2D eigenvalue weighted by Gasteiger charge is 2.03. The van der Waals surface area contributed by atoms with Crippen LogP contribution in [-0.2, 0) is 17.0 Å². The number of carbonyl (C=O) groups excluding carboxylic acids is 1. The van der Waals surface area contributed by atoms with E-state index in [0.717, 1.165) is 11.4 Å². The summed E-state index contributed by atoms with van der Waals surface area (Å²) < 4.78 is 12.7. The van der Waals surface area contributed by atoms with Gasteiger partial charge in [0.25, 0.3) is 0 Å². The Balaban J connectivity index is 1.59. The summed E-state index contributed by atoms with van der Waals surface area (Å²) in [4.78, 5) is 15.5. The molecule has 0 unspecified atom stereocenters. The molecule has 1 heterocycles. The van der Waals surface area contributed by atoms with Crippen LogP contribution in [0.4, 0.5) is 4.39 Å². The monoisotopic (exact) mass is 294 g/mol. The maximum absolute atomic E-state index is 12.7. The average molecular weight is 294 g/mol. The molecule has 2 aromatic rings. The van der Waals surface area contributed by atoms with E-state index in [-0.39, 0.29) is 11.7 Å². The van der Waals surface area contributed by atoms with Crippen LogP contribution in [-0.4, -0.2) is 33.4 Å². The third kappa shape index (κ3) is 5.00. The molecule has 1 aromatic carbocycles. The molecular formula is C13H15FN4OS. The van der Waals surface area contributed by atoms with Crippen LogP contribution in [0.2, 0.25) is 0 Å². The number of rotatable bonds is 7. The topological polar surface area (TPSA) is 70.7 Å². The van der Waals surface area contributed by atoms with Gasteiger partial charge in [-0.25, -0.2) is 9.37 Å². The van der Waals surface area contributed by atoms with Gasteiger partial charge in [-0.2, -0.15) is 5.10 Å². The summed E-state index contributed by atoms with van der Waals surface area (Å²) in [7, 11) is 0. The maximum atomic E-state index is 12.7. The van der Waals surface area contributed by atoms with Crippen molar-refractivity contribution in [2.24, 2.45) is 0 Å². The van der Waals surface area contributed by atoms with E-state index in [1.54, 1.807) is 12.1 Å². The molecule has 0 aliphatic heterocycles. The molecule has 2 N–H and O–H groups in total. The number of benzene rings is 1. The SMILES string of the molecule is O=C(CSCc1ccc(F)cc1)NCCc1ncn[nH]1. The average Bonchev–Trinajstić information content (AvgIpc) is 2.94. The van der Waals surface area contributed by atoms with Crippen LogP contribution in [0.25, 0.3) is 0 Å². The number of thioether (sulfide) groups is 1. The van der Waals surface area contributed by atoms with Crippen molar-refractivity contribution in [1.29, 1.82) is 0 Å². The van der Waals surface area contributed by atoms with Gasteiger partial charge in [0.2, 0.25) is 5.91 Å². The Labute approximate surface area is 120 Å². The van der Waals surface area contributed by atoms with Gasteiger partial charge in [0.1, 0.15) is 18.0 Å². The number of halogens is 1. The molecule has 1 amide bonds. The van der Waals surface area contributed by atoms with Gasteiger partial charge < -0.3 is 5.32 Å². The Kier molecular flexibility index (Phi) is 5.55. The predicted molar refractivity (Wildman–Crippen MR) is 75.7 cm³/mol. The second kappa shape index (κ2) is 7.64. The molecule has 0 aliphatic carbocycles. The van der Waals surface area contributed by atoms with Crippen molar-refractivity contribution in [2.75, 3.05) is 12.3 Å². The molecular weight excluding hydrogens is 279 g/mol. The van der Waals surface area contributed by atoms with Crippen molar-refractivity contribution in [3.63, 3.8) is 0 Å². The van der Waals surface area contributed by atoms with E-state index >= 15 is 0 Å². The fourth-order valence-corrected chi connectivity index (χ4v) is 2.38. The Morgan fingerprint density at radius 3 is 2.85 bits per heavy atom. The second-order valence-corrected chi connectivity index (χ2v) is 5.14. The summed E-state index contributed by atoms with van der Waals surface area (Å²) in [5, 5.41) is 9.27. The summed E-state index contributed by atoms with van der Waals surface area (Å²) in [6.07, 6.45) is 2.07. The first-order valence-corrected chi connectivity index (χ1v) is 7.32. The molecule has 1 aromatic heterocycles. The smallest absolute Gasteiger partial charge is 0.230 e. The standard InChI is InChI=1S/C13H15FN4OS/c14-11-3-1-10(2-4-11)7-20-8-13(19)15-6-5-12-16-9-17-18-12/h1-4,9H,5-8H2,(H,15,19)(H,16,17,18). The molecule has 106 valence electrons. The molecule has 0 fully saturated rings. The number of hydrogen-bond donors (Lipinski definition) is 2. The van der Waals surface area contributed by atoms with Crippen LogP contribution >= 0.6 is 11.8 Å². The van der Waals surface area contributed by atoms with Crippen LogP contribution < -0.4 is 5.32 Å². The number of H-pyrrole nitrogens is 1. The molecule has 20 heavy (non-hydrogen) atoms. The lowest BCUT2D eigenvalue weighted by atomic mass is 10.2. The summed E-state index contributed by atoms with van der Waals surface area (Å²) >= 11 is 1.50. The van der Waals surface area contributed by atoms with Gasteiger partial charge in [-0.3, -0.25) is 9.89 Å². The predicted octanol–water partition coefficient (Wildman–Crippen LogP) is 1.54. The van der Waals surface area contributed by atoms with E-state index in [1.165, 1.54) is 30.2 Å². The molecule has 0 aliphatic rings. The Morgan fingerprint density at radius 2 is 2.15 bits per heavy atom. The highest BCUT2D eigenvalue weighted by molar-refractivity contribution is 7.99. The number of amides is 1. The molecule has 0 radical (unpaired) electrons. The molecule has 5 nitrogen and oxygen atoms in total. The minimum absolute atomic E-state index is 0.0170. The van der Waals surface area contributed by atoms with Crippen LogP contribution in [0.1, 0.15) is 11.4 Å². The van der Waals surface area contributed by atoms with Crippen LogP contribution in [0, 0.1) is 5.82 Å². The van der Waals surface area contributed by atoms with Crippen LogP contribution in [0.5, 0.6) is 0 Å². The fraction of sp³-hybridized carbons (Fsp3) is 0.308. The van der Waals surface area contributed by atoms with Crippen molar-refractivity contribution in [2.45, 2.75) is 12.2 Å². The summed E-state index contributed by atoms with van der Waals surface area (Å²) in [6.45, 7) is 0.533. The van der Waals surface area contributed by atoms with E-state index in [2.05, 4.69) is 20.5 Å². The molecule has 0 bridgehead atoms. The maximum Gasteiger partial charge on any atom is 0.230 e. The first-order valence-electron chi connectivity index (χ1n) is 6.17. The zero-order chi connectivity index (χ0) is 14.2. The number of aromatic amines is 1. The minimum atomic E-state index is -0.246. The number of carbonyl (C=O) groups is 1. The second-order valence-electron chi connectivity index (χ2n) is 4.15. The normalized spacial score (nSPS) is 10.4. The van der Waals surface area contributed by atoms with Gasteiger partial charge >= 0.3 is 0 Å². The van der Waals surface area contributed by atoms with Crippen molar-refractivity contribution < 1.29 is 9.18 Å². The fourth-order valence-electron chi connectivity index (χ4n) is 1.56. The molecule has 2 rings (SSSR count). The van der Waals surface area contributed by atoms with Crippen molar-refractivity contribution in [3.8, 4) is 0 Å². The number of aromatic nitrogens is 3. The lowest BCUT2D eigenvalue weighted by Crippen LogP contribution is -2.27. The van der Waals surface area contributed by atoms with Gasteiger partial charge in [0.15, 0.2) is 0 Å². The molecule has 7 heteroatoms. The van der Waals surface area contributed by atoms with E-state index in [4.69, 9.17) is 0 Å². The molecule has 0 atom stereocenters. The van der Waals surface area contributed by atoms with E-state index in [0.29, 0.717) is 24.5 Å². The van der Waals surface area contributed by atoms with Crippen LogP contribution in [0.3, 0.4) is 0 Å². The molecule has 0 saturated heterocycles. The van der Waals surface area contributed by atoms with Gasteiger partial charge in [0, 0.05) is 18.7 Å². The van der Waals surface area contributed by atoms with Crippen LogP contribution in [0.15, 0.2) is 30.6 Å². The van der Waals surface area contributed by atoms with Crippen molar-refractivity contribution in [1.82, 2.24) is 20.5 Å². The highest BCUT2D eigenvalue weighted by atomic mass is 32.2. The summed E-state index contributed by atoms with van der Waals surface area (Å²) in [5.41, 5.74) is 1.01. The third-order valence-electron chi connectivity index (χ3n) is 2.56. The summed E-state index contributed by atoms with van der Waals surface area (Å²) in [5.74, 6) is 1.56. The van der Waals surface area contributed by atoms with Gasteiger partial charge in [-0.15, -0.1) is 11.8 Å². The van der Waals surface area contributed by atoms with Crippen molar-refractivity contribution in [3.05, 3.63) is 47.8 Å². The summed E-state index contributed by atoms with van der Waals surface area (Å²) in [6, 6.07) is 6.30. The first-order chi connectivity index (χ1) is 9.74. The molecule has 0 saturated carbocycles. The molecule has 0 spiro atoms. The number of nitrogens with zero attached hydrogens (tertiary/aromatic N) is 2. The Bertz CT molecular complexity index is 530. The number of nitrogens with one attached hydrogen (secondary N) is 2. The van der Waals surface area contributed by atoms with Gasteiger partial charge in [-0.1, -0.05) is 12.1 Å². The van der Waals surface area contributed by atoms with E-state index in [9.17, 15) is 9.18 Å². The van der Waals surface area contributed by atoms with Gasteiger partial charge in [0.05, 0.1) is 5.75 Å². The lowest BCUT2D eigenvalue weighted by Gasteiger charge is -2.04. The van der Waals surface area contributed by atoms with Gasteiger partial charge in [-0.05, 0) is 17.7 Å². The zero-order valence-electron chi connectivity index (χ0n) is 10.8. The third-order valence-corrected chi connectivity index (χ3v) is 3.57. The largest absolute Gasteiger partial charge is 0.355 e. The quantitative estimate of drug-likeness (QED) is 0.812. The minimum Gasteiger partial charge on any atom is -0.355 e. The Morgan fingerprint density at radius 1 is 1.35 bits per heavy atom. The zero-order valence-corrected chi connectivity index (χ0v) is 11.6. The van der Waals surface area contributed by atoms with E-state index in [1.807, 2.05) is 0 Å². The Hall–Kier alpha value is -1.89.